The van der Waals surface area contributed by atoms with Crippen molar-refractivity contribution in [1.29, 1.82) is 0 Å². The van der Waals surface area contributed by atoms with Gasteiger partial charge in [-0.15, -0.1) is 0 Å². The molecule has 5 nitrogen and oxygen atoms in total. The second-order valence-electron chi connectivity index (χ2n) is 2.36. The summed E-state index contributed by atoms with van der Waals surface area (Å²) in [7, 11) is 1.31. The van der Waals surface area contributed by atoms with E-state index in [0.717, 1.165) is 0 Å². The monoisotopic (exact) mass is 169 g/mol. The van der Waals surface area contributed by atoms with E-state index in [4.69, 9.17) is 5.73 Å². The molecule has 0 aromatic carbocycles. The van der Waals surface area contributed by atoms with Gasteiger partial charge in [0.15, 0.2) is 0 Å². The molecule has 0 aliphatic rings. The topological polar surface area (TPSA) is 70.1 Å². The summed E-state index contributed by atoms with van der Waals surface area (Å²) in [6.45, 7) is 0.347. The van der Waals surface area contributed by atoms with Crippen LogP contribution < -0.4 is 5.73 Å². The van der Waals surface area contributed by atoms with Crippen LogP contribution in [-0.4, -0.2) is 28.9 Å². The van der Waals surface area contributed by atoms with Gasteiger partial charge in [0.2, 0.25) is 0 Å². The van der Waals surface area contributed by atoms with E-state index in [9.17, 15) is 4.79 Å². The summed E-state index contributed by atoms with van der Waals surface area (Å²) in [4.78, 5) is 10.8. The third-order valence-electron chi connectivity index (χ3n) is 1.45. The Balaban J connectivity index is 2.47. The summed E-state index contributed by atoms with van der Waals surface area (Å²) in [5.41, 5.74) is 5.48. The SMILES string of the molecule is COC(=O)C(N)Cn1cccn1. The van der Waals surface area contributed by atoms with Crippen LogP contribution in [0.15, 0.2) is 18.5 Å². The number of carbonyl (C=O) groups excluding carboxylic acids is 1. The predicted octanol–water partition coefficient (Wildman–Crippen LogP) is -0.617. The molecule has 0 aliphatic heterocycles. The lowest BCUT2D eigenvalue weighted by Gasteiger charge is -2.08. The molecular formula is C7H11N3O2. The average Bonchev–Trinajstić information content (AvgIpc) is 2.55. The van der Waals surface area contributed by atoms with E-state index in [1.807, 2.05) is 0 Å². The standard InChI is InChI=1S/C7H11N3O2/c1-12-7(11)6(8)5-10-4-2-3-9-10/h2-4,6H,5,8H2,1H3. The van der Waals surface area contributed by atoms with Crippen molar-refractivity contribution in [2.24, 2.45) is 5.73 Å². The van der Waals surface area contributed by atoms with Gasteiger partial charge in [0.1, 0.15) is 6.04 Å². The van der Waals surface area contributed by atoms with Crippen LogP contribution >= 0.6 is 0 Å². The molecule has 5 heteroatoms. The van der Waals surface area contributed by atoms with Gasteiger partial charge in [-0.1, -0.05) is 0 Å². The van der Waals surface area contributed by atoms with E-state index in [1.165, 1.54) is 7.11 Å². The third-order valence-corrected chi connectivity index (χ3v) is 1.45. The zero-order valence-electron chi connectivity index (χ0n) is 6.80. The van der Waals surface area contributed by atoms with E-state index in [2.05, 4.69) is 9.84 Å². The number of nitrogens with two attached hydrogens (primary N) is 1. The number of rotatable bonds is 3. The Bertz CT molecular complexity index is 245. The van der Waals surface area contributed by atoms with Crippen LogP contribution in [-0.2, 0) is 16.1 Å². The molecule has 0 aliphatic carbocycles. The fourth-order valence-electron chi connectivity index (χ4n) is 0.836. The van der Waals surface area contributed by atoms with E-state index in [0.29, 0.717) is 6.54 Å². The van der Waals surface area contributed by atoms with Gasteiger partial charge >= 0.3 is 5.97 Å². The summed E-state index contributed by atoms with van der Waals surface area (Å²) in [6, 6.07) is 1.12. The first-order chi connectivity index (χ1) is 5.74. The van der Waals surface area contributed by atoms with Crippen LogP contribution in [0.1, 0.15) is 0 Å². The molecule has 0 radical (unpaired) electrons. The lowest BCUT2D eigenvalue weighted by Crippen LogP contribution is -2.35. The van der Waals surface area contributed by atoms with E-state index >= 15 is 0 Å². The summed E-state index contributed by atoms with van der Waals surface area (Å²) in [6.07, 6.45) is 3.37. The molecule has 2 N–H and O–H groups in total. The minimum absolute atomic E-state index is 0.347. The Morgan fingerprint density at radius 3 is 3.08 bits per heavy atom. The zero-order chi connectivity index (χ0) is 8.97. The number of hydrogen-bond acceptors (Lipinski definition) is 4. The van der Waals surface area contributed by atoms with Gasteiger partial charge in [0.05, 0.1) is 13.7 Å². The first-order valence-corrected chi connectivity index (χ1v) is 3.55. The molecule has 66 valence electrons. The smallest absolute Gasteiger partial charge is 0.324 e. The maximum atomic E-state index is 10.8. The predicted molar refractivity (Wildman–Crippen MR) is 42.2 cm³/mol. The average molecular weight is 169 g/mol. The number of aromatic nitrogens is 2. The molecule has 0 fully saturated rings. The molecule has 1 aromatic rings. The number of methoxy groups -OCH3 is 1. The molecule has 1 atom stereocenters. The van der Waals surface area contributed by atoms with Crippen LogP contribution in [0.3, 0.4) is 0 Å². The molecule has 0 spiro atoms. The molecule has 0 saturated heterocycles. The van der Waals surface area contributed by atoms with Crippen LogP contribution in [0.2, 0.25) is 0 Å². The maximum absolute atomic E-state index is 10.8. The summed E-state index contributed by atoms with van der Waals surface area (Å²) in [5, 5.41) is 3.90. The molecule has 1 unspecified atom stereocenters. The Morgan fingerprint density at radius 1 is 1.83 bits per heavy atom. The van der Waals surface area contributed by atoms with Crippen molar-refractivity contribution in [3.8, 4) is 0 Å². The lowest BCUT2D eigenvalue weighted by molar-refractivity contribution is -0.142. The highest BCUT2D eigenvalue weighted by Gasteiger charge is 2.13. The summed E-state index contributed by atoms with van der Waals surface area (Å²) < 4.78 is 6.04. The van der Waals surface area contributed by atoms with Gasteiger partial charge in [0, 0.05) is 12.4 Å². The number of hydrogen-bond donors (Lipinski definition) is 1. The van der Waals surface area contributed by atoms with Crippen molar-refractivity contribution >= 4 is 5.97 Å². The van der Waals surface area contributed by atoms with Gasteiger partial charge < -0.3 is 10.5 Å². The highest BCUT2D eigenvalue weighted by molar-refractivity contribution is 5.75. The number of ether oxygens (including phenoxy) is 1. The summed E-state index contributed by atoms with van der Waals surface area (Å²) >= 11 is 0. The van der Waals surface area contributed by atoms with Crippen molar-refractivity contribution in [2.45, 2.75) is 12.6 Å². The molecule has 1 aromatic heterocycles. The number of nitrogens with zero attached hydrogens (tertiary/aromatic N) is 2. The van der Waals surface area contributed by atoms with Crippen molar-refractivity contribution in [3.05, 3.63) is 18.5 Å². The Morgan fingerprint density at radius 2 is 2.58 bits per heavy atom. The van der Waals surface area contributed by atoms with Gasteiger partial charge in [-0.2, -0.15) is 5.10 Å². The summed E-state index contributed by atoms with van der Waals surface area (Å²) in [5.74, 6) is -0.425. The van der Waals surface area contributed by atoms with Gasteiger partial charge in [-0.25, -0.2) is 0 Å². The molecule has 12 heavy (non-hydrogen) atoms. The minimum atomic E-state index is -0.644. The fourth-order valence-corrected chi connectivity index (χ4v) is 0.836. The zero-order valence-corrected chi connectivity index (χ0v) is 6.80. The Labute approximate surface area is 70.1 Å². The first-order valence-electron chi connectivity index (χ1n) is 3.55. The Kier molecular flexibility index (Phi) is 2.82. The van der Waals surface area contributed by atoms with E-state index in [-0.39, 0.29) is 0 Å². The van der Waals surface area contributed by atoms with Crippen LogP contribution in [0.5, 0.6) is 0 Å². The van der Waals surface area contributed by atoms with Crippen LogP contribution in [0, 0.1) is 0 Å². The molecule has 0 bridgehead atoms. The Hall–Kier alpha value is -1.36. The van der Waals surface area contributed by atoms with Gasteiger partial charge in [-0.3, -0.25) is 9.48 Å². The minimum Gasteiger partial charge on any atom is -0.468 e. The maximum Gasteiger partial charge on any atom is 0.324 e. The van der Waals surface area contributed by atoms with Crippen molar-refractivity contribution in [3.63, 3.8) is 0 Å². The molecule has 1 rings (SSSR count). The van der Waals surface area contributed by atoms with Gasteiger partial charge in [-0.05, 0) is 6.07 Å². The quantitative estimate of drug-likeness (QED) is 0.612. The number of carbonyl (C=O) groups is 1. The molecule has 1 heterocycles. The highest BCUT2D eigenvalue weighted by Crippen LogP contribution is 1.90. The fraction of sp³-hybridized carbons (Fsp3) is 0.429. The van der Waals surface area contributed by atoms with Crippen molar-refractivity contribution in [1.82, 2.24) is 9.78 Å². The van der Waals surface area contributed by atoms with Crippen LogP contribution in [0.25, 0.3) is 0 Å². The normalized spacial score (nSPS) is 12.5. The number of esters is 1. The van der Waals surface area contributed by atoms with E-state index < -0.39 is 12.0 Å². The van der Waals surface area contributed by atoms with Gasteiger partial charge in [0.25, 0.3) is 0 Å². The largest absolute Gasteiger partial charge is 0.468 e. The highest BCUT2D eigenvalue weighted by atomic mass is 16.5. The lowest BCUT2D eigenvalue weighted by atomic mass is 10.3. The molecule has 0 amide bonds. The van der Waals surface area contributed by atoms with Crippen LogP contribution in [0.4, 0.5) is 0 Å². The second kappa shape index (κ2) is 3.87. The second-order valence-corrected chi connectivity index (χ2v) is 2.36. The van der Waals surface area contributed by atoms with E-state index in [1.54, 1.807) is 23.1 Å². The first kappa shape index (κ1) is 8.73. The molecule has 0 saturated carbocycles. The molecular weight excluding hydrogens is 158 g/mol. The third kappa shape index (κ3) is 2.06. The van der Waals surface area contributed by atoms with Crippen molar-refractivity contribution in [2.75, 3.05) is 7.11 Å². The van der Waals surface area contributed by atoms with Crippen molar-refractivity contribution < 1.29 is 9.53 Å².